The van der Waals surface area contributed by atoms with Crippen LogP contribution in [0.4, 0.5) is 0 Å². The summed E-state index contributed by atoms with van der Waals surface area (Å²) < 4.78 is 5.37. The third-order valence-corrected chi connectivity index (χ3v) is 11.2. The van der Waals surface area contributed by atoms with Crippen LogP contribution in [0.3, 0.4) is 0 Å². The maximum Gasteiger partial charge on any atom is 0.226 e. The van der Waals surface area contributed by atoms with Crippen molar-refractivity contribution >= 4 is 11.8 Å². The maximum atomic E-state index is 14.1. The Morgan fingerprint density at radius 3 is 2.41 bits per heavy atom. The number of amides is 2. The summed E-state index contributed by atoms with van der Waals surface area (Å²) in [6.07, 6.45) is 9.28. The van der Waals surface area contributed by atoms with E-state index in [1.54, 1.807) is 7.11 Å². The van der Waals surface area contributed by atoms with E-state index >= 15 is 0 Å². The van der Waals surface area contributed by atoms with Gasteiger partial charge in [-0.25, -0.2) is 0 Å². The summed E-state index contributed by atoms with van der Waals surface area (Å²) in [5.41, 5.74) is 3.48. The Hall–Kier alpha value is -3.08. The van der Waals surface area contributed by atoms with Gasteiger partial charge in [-0.1, -0.05) is 62.4 Å². The van der Waals surface area contributed by atoms with E-state index in [1.165, 1.54) is 5.70 Å². The van der Waals surface area contributed by atoms with Gasteiger partial charge in [-0.15, -0.1) is 0 Å². The third kappa shape index (κ3) is 4.20. The number of hydrogen-bond donors (Lipinski definition) is 1. The molecule has 5 nitrogen and oxygen atoms in total. The lowest BCUT2D eigenvalue weighted by atomic mass is 9.49. The summed E-state index contributed by atoms with van der Waals surface area (Å²) >= 11 is 0. The lowest BCUT2D eigenvalue weighted by Crippen LogP contribution is -2.54. The number of nitrogens with one attached hydrogen (secondary N) is 1. The average molecular weight is 527 g/mol. The summed E-state index contributed by atoms with van der Waals surface area (Å²) in [7, 11) is 3.63. The van der Waals surface area contributed by atoms with Gasteiger partial charge in [0.25, 0.3) is 0 Å². The Morgan fingerprint density at radius 2 is 1.69 bits per heavy atom. The van der Waals surface area contributed by atoms with Gasteiger partial charge in [-0.3, -0.25) is 9.59 Å². The highest BCUT2D eigenvalue weighted by Crippen LogP contribution is 2.66. The fraction of sp³-hybridized carbons (Fsp3) is 0.529. The molecule has 0 aromatic heterocycles. The summed E-state index contributed by atoms with van der Waals surface area (Å²) in [6, 6.07) is 18.1. The van der Waals surface area contributed by atoms with Crippen molar-refractivity contribution in [2.45, 2.75) is 64.8 Å². The van der Waals surface area contributed by atoms with E-state index in [1.807, 2.05) is 42.3 Å². The first-order chi connectivity index (χ1) is 18.8. The minimum absolute atomic E-state index is 0.00445. The average Bonchev–Trinajstić information content (AvgIpc) is 3.32. The van der Waals surface area contributed by atoms with Gasteiger partial charge in [-0.05, 0) is 85.0 Å². The zero-order valence-corrected chi connectivity index (χ0v) is 23.8. The van der Waals surface area contributed by atoms with Crippen LogP contribution in [0.15, 0.2) is 66.4 Å². The zero-order valence-electron chi connectivity index (χ0n) is 23.8. The standard InChI is InChI=1S/C34H42N2O3/c1-33-20-18-27-25(14-17-29-34(27,2)21-19-30(37)36(29)3)26(33)15-16-28(33)32(38)35-31(22-8-6-5-7-9-22)23-10-12-24(39-4)13-11-23/h5-13,17,25-28,31H,14-16,18-21H2,1-4H3,(H,35,38)/t25-,26-,27+,28?,31?,33-,34+/m0/s1. The molecular weight excluding hydrogens is 484 g/mol. The number of methoxy groups -OCH3 is 1. The highest BCUT2D eigenvalue weighted by Gasteiger charge is 2.60. The van der Waals surface area contributed by atoms with E-state index in [0.29, 0.717) is 24.2 Å². The molecule has 6 rings (SSSR count). The fourth-order valence-corrected chi connectivity index (χ4v) is 9.05. The van der Waals surface area contributed by atoms with Crippen molar-refractivity contribution in [3.8, 4) is 5.75 Å². The molecule has 1 saturated heterocycles. The molecule has 3 fully saturated rings. The van der Waals surface area contributed by atoms with Crippen LogP contribution >= 0.6 is 0 Å². The molecule has 0 spiro atoms. The first kappa shape index (κ1) is 26.2. The van der Waals surface area contributed by atoms with Crippen molar-refractivity contribution < 1.29 is 14.3 Å². The number of ether oxygens (including phenoxy) is 1. The molecule has 1 heterocycles. The topological polar surface area (TPSA) is 58.6 Å². The molecule has 1 aliphatic heterocycles. The van der Waals surface area contributed by atoms with Gasteiger partial charge in [0.15, 0.2) is 0 Å². The number of carbonyl (C=O) groups excluding carboxylic acids is 2. The molecule has 0 radical (unpaired) electrons. The Morgan fingerprint density at radius 1 is 0.974 bits per heavy atom. The van der Waals surface area contributed by atoms with Crippen molar-refractivity contribution in [1.29, 1.82) is 0 Å². The second kappa shape index (κ2) is 9.83. The van der Waals surface area contributed by atoms with Crippen LogP contribution in [0.2, 0.25) is 0 Å². The van der Waals surface area contributed by atoms with Gasteiger partial charge in [0, 0.05) is 30.5 Å². The number of carbonyl (C=O) groups is 2. The van der Waals surface area contributed by atoms with Crippen molar-refractivity contribution in [2.75, 3.05) is 14.2 Å². The number of allylic oxidation sites excluding steroid dienone is 2. The van der Waals surface area contributed by atoms with Gasteiger partial charge in [0.2, 0.25) is 11.8 Å². The zero-order chi connectivity index (χ0) is 27.4. The number of rotatable bonds is 5. The van der Waals surface area contributed by atoms with Crippen molar-refractivity contribution in [1.82, 2.24) is 10.2 Å². The molecule has 0 bridgehead atoms. The number of benzene rings is 2. The highest BCUT2D eigenvalue weighted by molar-refractivity contribution is 5.81. The monoisotopic (exact) mass is 526 g/mol. The van der Waals surface area contributed by atoms with Crippen LogP contribution in [-0.2, 0) is 9.59 Å². The van der Waals surface area contributed by atoms with E-state index in [9.17, 15) is 9.59 Å². The van der Waals surface area contributed by atoms with Gasteiger partial charge in [0.05, 0.1) is 13.2 Å². The van der Waals surface area contributed by atoms with Gasteiger partial charge in [-0.2, -0.15) is 0 Å². The van der Waals surface area contributed by atoms with Crippen LogP contribution in [0.25, 0.3) is 0 Å². The second-order valence-corrected chi connectivity index (χ2v) is 12.9. The molecule has 39 heavy (non-hydrogen) atoms. The summed E-state index contributed by atoms with van der Waals surface area (Å²) in [4.78, 5) is 28.5. The van der Waals surface area contributed by atoms with Gasteiger partial charge >= 0.3 is 0 Å². The molecule has 2 unspecified atom stereocenters. The molecule has 206 valence electrons. The van der Waals surface area contributed by atoms with Crippen LogP contribution < -0.4 is 10.1 Å². The van der Waals surface area contributed by atoms with E-state index in [4.69, 9.17) is 4.74 Å². The number of fused-ring (bicyclic) bond motifs is 5. The Bertz CT molecular complexity index is 1270. The molecule has 4 aliphatic rings. The van der Waals surface area contributed by atoms with E-state index in [-0.39, 0.29) is 34.6 Å². The quantitative estimate of drug-likeness (QED) is 0.483. The van der Waals surface area contributed by atoms with E-state index in [2.05, 4.69) is 49.5 Å². The molecule has 2 amide bonds. The summed E-state index contributed by atoms with van der Waals surface area (Å²) in [6.45, 7) is 4.80. The van der Waals surface area contributed by atoms with Crippen LogP contribution in [0, 0.1) is 34.5 Å². The molecule has 5 heteroatoms. The minimum atomic E-state index is -0.196. The predicted octanol–water partition coefficient (Wildman–Crippen LogP) is 6.51. The van der Waals surface area contributed by atoms with Gasteiger partial charge < -0.3 is 15.0 Å². The van der Waals surface area contributed by atoms with Crippen LogP contribution in [0.1, 0.15) is 76.0 Å². The largest absolute Gasteiger partial charge is 0.497 e. The lowest BCUT2D eigenvalue weighted by molar-refractivity contribution is -0.138. The number of hydrogen-bond acceptors (Lipinski definition) is 3. The summed E-state index contributed by atoms with van der Waals surface area (Å²) in [5, 5.41) is 3.49. The Labute approximate surface area is 233 Å². The van der Waals surface area contributed by atoms with Gasteiger partial charge in [0.1, 0.15) is 5.75 Å². The first-order valence-electron chi connectivity index (χ1n) is 14.7. The van der Waals surface area contributed by atoms with Crippen LogP contribution in [0.5, 0.6) is 5.75 Å². The lowest BCUT2D eigenvalue weighted by Gasteiger charge is -2.58. The molecule has 2 aromatic rings. The van der Waals surface area contributed by atoms with Crippen molar-refractivity contribution in [3.05, 3.63) is 77.5 Å². The highest BCUT2D eigenvalue weighted by atomic mass is 16.5. The molecule has 7 atom stereocenters. The SMILES string of the molecule is COc1ccc(C(NC(=O)C2CC[C@H]3[C@@H]4CC=C5N(C)C(=O)CC[C@]5(C)[C@@H]4CC[C@]23C)c2ccccc2)cc1. The van der Waals surface area contributed by atoms with E-state index in [0.717, 1.165) is 55.4 Å². The van der Waals surface area contributed by atoms with Crippen LogP contribution in [-0.4, -0.2) is 30.9 Å². The molecule has 1 N–H and O–H groups in total. The smallest absolute Gasteiger partial charge is 0.226 e. The van der Waals surface area contributed by atoms with Crippen molar-refractivity contribution in [2.24, 2.45) is 34.5 Å². The summed E-state index contributed by atoms with van der Waals surface area (Å²) in [5.74, 6) is 2.98. The number of piperidine rings is 1. The van der Waals surface area contributed by atoms with E-state index < -0.39 is 0 Å². The second-order valence-electron chi connectivity index (χ2n) is 12.9. The predicted molar refractivity (Wildman–Crippen MR) is 153 cm³/mol. The minimum Gasteiger partial charge on any atom is -0.497 e. The molecule has 2 saturated carbocycles. The third-order valence-electron chi connectivity index (χ3n) is 11.2. The Kier molecular flexibility index (Phi) is 6.60. The molecule has 2 aromatic carbocycles. The Balaban J connectivity index is 1.25. The fourth-order valence-electron chi connectivity index (χ4n) is 9.05. The first-order valence-corrected chi connectivity index (χ1v) is 14.7. The number of nitrogens with zero attached hydrogens (tertiary/aromatic N) is 1. The normalized spacial score (nSPS) is 34.3. The number of likely N-dealkylation sites (tertiary alicyclic amines) is 1. The molecule has 3 aliphatic carbocycles. The maximum absolute atomic E-state index is 14.1. The molecular formula is C34H42N2O3. The van der Waals surface area contributed by atoms with Crippen molar-refractivity contribution in [3.63, 3.8) is 0 Å².